The number of nitrogens with one attached hydrogen (secondary N) is 2. The largest absolute Gasteiger partial charge is 0.293 e. The molecule has 8 nitrogen and oxygen atoms in total. The minimum Gasteiger partial charge on any atom is -0.293 e. The third kappa shape index (κ3) is 5.37. The van der Waals surface area contributed by atoms with Gasteiger partial charge in [-0.1, -0.05) is 11.6 Å². The second kappa shape index (κ2) is 8.36. The van der Waals surface area contributed by atoms with Crippen LogP contribution in [0.1, 0.15) is 32.9 Å². The number of benzene rings is 1. The average Bonchev–Trinajstić information content (AvgIpc) is 3.04. The smallest absolute Gasteiger partial charge is 0.269 e. The fourth-order valence-corrected chi connectivity index (χ4v) is 2.82. The predicted octanol–water partition coefficient (Wildman–Crippen LogP) is 2.73. The molecule has 0 atom stereocenters. The Morgan fingerprint density at radius 1 is 1.04 bits per heavy atom. The number of hydrazine groups is 1. The topological polar surface area (TPSA) is 118 Å². The Bertz CT molecular complexity index is 819. The van der Waals surface area contributed by atoms with Crippen molar-refractivity contribution < 1.29 is 19.3 Å². The van der Waals surface area contributed by atoms with Gasteiger partial charge in [-0.15, -0.1) is 11.3 Å². The zero-order chi connectivity index (χ0) is 18.4. The molecular weight excluding hydrogens is 370 g/mol. The van der Waals surface area contributed by atoms with Gasteiger partial charge in [-0.2, -0.15) is 0 Å². The first kappa shape index (κ1) is 18.6. The van der Waals surface area contributed by atoms with Crippen molar-refractivity contribution >= 4 is 46.2 Å². The number of non-ortho nitro benzene ring substituents is 1. The third-order valence-electron chi connectivity index (χ3n) is 3.08. The minimum absolute atomic E-state index is 0.0178. The van der Waals surface area contributed by atoms with Crippen LogP contribution in [-0.4, -0.2) is 22.5 Å². The molecule has 2 N–H and O–H groups in total. The lowest BCUT2D eigenvalue weighted by molar-refractivity contribution is -0.384. The molecule has 2 amide bonds. The Labute approximate surface area is 150 Å². The molecule has 0 saturated carbocycles. The number of thiophene rings is 1. The van der Waals surface area contributed by atoms with E-state index in [-0.39, 0.29) is 29.9 Å². The van der Waals surface area contributed by atoms with Crippen LogP contribution in [0.25, 0.3) is 0 Å². The van der Waals surface area contributed by atoms with Crippen LogP contribution in [0.5, 0.6) is 0 Å². The summed E-state index contributed by atoms with van der Waals surface area (Å²) in [6.07, 6.45) is -0.120. The quantitative estimate of drug-likeness (QED) is 0.453. The third-order valence-corrected chi connectivity index (χ3v) is 4.36. The Kier molecular flexibility index (Phi) is 6.20. The van der Waals surface area contributed by atoms with Crippen LogP contribution >= 0.6 is 22.9 Å². The second-order valence-corrected chi connectivity index (χ2v) is 6.55. The van der Waals surface area contributed by atoms with E-state index in [1.54, 1.807) is 12.1 Å². The molecule has 1 aromatic carbocycles. The summed E-state index contributed by atoms with van der Waals surface area (Å²) in [5, 5.41) is 10.5. The van der Waals surface area contributed by atoms with E-state index in [2.05, 4.69) is 10.9 Å². The number of carbonyl (C=O) groups is 3. The van der Waals surface area contributed by atoms with E-state index >= 15 is 0 Å². The molecule has 0 aliphatic rings. The summed E-state index contributed by atoms with van der Waals surface area (Å²) < 4.78 is 0.489. The summed E-state index contributed by atoms with van der Waals surface area (Å²) in [5.74, 6) is -1.38. The maximum atomic E-state index is 11.8. The normalized spacial score (nSPS) is 10.1. The zero-order valence-corrected chi connectivity index (χ0v) is 14.2. The molecule has 25 heavy (non-hydrogen) atoms. The van der Waals surface area contributed by atoms with Gasteiger partial charge in [0.1, 0.15) is 0 Å². The summed E-state index contributed by atoms with van der Waals surface area (Å²) >= 11 is 6.87. The molecule has 0 radical (unpaired) electrons. The lowest BCUT2D eigenvalue weighted by atomic mass is 10.2. The average molecular weight is 382 g/mol. The number of halogens is 1. The number of hydrogen-bond donors (Lipinski definition) is 2. The van der Waals surface area contributed by atoms with Crippen molar-refractivity contribution in [2.45, 2.75) is 12.8 Å². The standard InChI is InChI=1S/C15H12ClN3O5S/c16-13-7-6-12(25-13)11(20)5-8-14(21)17-18-15(22)9-1-3-10(4-2-9)19(23)24/h1-4,6-7H,5,8H2,(H,17,21)(H,18,22). The highest BCUT2D eigenvalue weighted by atomic mass is 35.5. The Hall–Kier alpha value is -2.78. The van der Waals surface area contributed by atoms with E-state index < -0.39 is 16.7 Å². The van der Waals surface area contributed by atoms with E-state index in [4.69, 9.17) is 11.6 Å². The van der Waals surface area contributed by atoms with E-state index in [1.165, 1.54) is 24.3 Å². The highest BCUT2D eigenvalue weighted by Gasteiger charge is 2.13. The van der Waals surface area contributed by atoms with Gasteiger partial charge in [-0.3, -0.25) is 35.3 Å². The van der Waals surface area contributed by atoms with E-state index in [1.807, 2.05) is 0 Å². The lowest BCUT2D eigenvalue weighted by Crippen LogP contribution is -2.41. The van der Waals surface area contributed by atoms with Gasteiger partial charge in [-0.05, 0) is 24.3 Å². The van der Waals surface area contributed by atoms with E-state index in [0.717, 1.165) is 11.3 Å². The fourth-order valence-electron chi connectivity index (χ4n) is 1.81. The van der Waals surface area contributed by atoms with Crippen LogP contribution in [0.15, 0.2) is 36.4 Å². The van der Waals surface area contributed by atoms with Gasteiger partial charge in [0.05, 0.1) is 14.1 Å². The number of Topliss-reactive ketones (excluding diaryl/α,β-unsaturated/α-hetero) is 1. The predicted molar refractivity (Wildman–Crippen MR) is 91.6 cm³/mol. The van der Waals surface area contributed by atoms with Gasteiger partial charge in [0.15, 0.2) is 5.78 Å². The van der Waals surface area contributed by atoms with Gasteiger partial charge in [0, 0.05) is 30.5 Å². The van der Waals surface area contributed by atoms with Gasteiger partial charge in [-0.25, -0.2) is 0 Å². The van der Waals surface area contributed by atoms with Crippen molar-refractivity contribution in [1.82, 2.24) is 10.9 Å². The van der Waals surface area contributed by atoms with Crippen molar-refractivity contribution in [3.05, 3.63) is 61.3 Å². The van der Waals surface area contributed by atoms with Gasteiger partial charge < -0.3 is 0 Å². The molecule has 0 spiro atoms. The summed E-state index contributed by atoms with van der Waals surface area (Å²) in [4.78, 5) is 45.8. The molecule has 0 fully saturated rings. The molecule has 2 rings (SSSR count). The van der Waals surface area contributed by atoms with Crippen molar-refractivity contribution in [2.24, 2.45) is 0 Å². The van der Waals surface area contributed by atoms with Crippen LogP contribution < -0.4 is 10.9 Å². The number of nitrogens with zero attached hydrogens (tertiary/aromatic N) is 1. The minimum atomic E-state index is -0.625. The Morgan fingerprint density at radius 2 is 1.72 bits per heavy atom. The van der Waals surface area contributed by atoms with Crippen molar-refractivity contribution in [3.8, 4) is 0 Å². The van der Waals surface area contributed by atoms with Gasteiger partial charge in [0.2, 0.25) is 5.91 Å². The molecule has 1 heterocycles. The van der Waals surface area contributed by atoms with Crippen LogP contribution in [0.3, 0.4) is 0 Å². The lowest BCUT2D eigenvalue weighted by Gasteiger charge is -2.07. The van der Waals surface area contributed by atoms with Gasteiger partial charge >= 0.3 is 0 Å². The number of nitro groups is 1. The highest BCUT2D eigenvalue weighted by molar-refractivity contribution is 7.18. The number of ketones is 1. The van der Waals surface area contributed by atoms with E-state index in [9.17, 15) is 24.5 Å². The van der Waals surface area contributed by atoms with Crippen LogP contribution in [0, 0.1) is 10.1 Å². The maximum absolute atomic E-state index is 11.8. The van der Waals surface area contributed by atoms with Crippen molar-refractivity contribution in [2.75, 3.05) is 0 Å². The summed E-state index contributed by atoms with van der Waals surface area (Å²) in [5.41, 5.74) is 4.36. The second-order valence-electron chi connectivity index (χ2n) is 4.83. The molecule has 130 valence electrons. The zero-order valence-electron chi connectivity index (χ0n) is 12.7. The number of nitro benzene ring substituents is 1. The molecule has 10 heteroatoms. The summed E-state index contributed by atoms with van der Waals surface area (Å²) in [6.45, 7) is 0. The first-order valence-corrected chi connectivity index (χ1v) is 8.18. The molecule has 0 bridgehead atoms. The SMILES string of the molecule is O=C(CCC(=O)c1ccc(Cl)s1)NNC(=O)c1ccc([N+](=O)[O-])cc1. The van der Waals surface area contributed by atoms with Crippen LogP contribution in [0.4, 0.5) is 5.69 Å². The molecular formula is C15H12ClN3O5S. The number of amides is 2. The Morgan fingerprint density at radius 3 is 2.28 bits per heavy atom. The number of hydrogen-bond acceptors (Lipinski definition) is 6. The molecule has 0 aliphatic heterocycles. The highest BCUT2D eigenvalue weighted by Crippen LogP contribution is 2.22. The Balaban J connectivity index is 1.78. The number of rotatable bonds is 6. The molecule has 0 saturated heterocycles. The summed E-state index contributed by atoms with van der Waals surface area (Å²) in [6, 6.07) is 8.09. The maximum Gasteiger partial charge on any atom is 0.269 e. The van der Waals surface area contributed by atoms with Crippen LogP contribution in [-0.2, 0) is 4.79 Å². The molecule has 0 aliphatic carbocycles. The monoisotopic (exact) mass is 381 g/mol. The van der Waals surface area contributed by atoms with Crippen molar-refractivity contribution in [1.29, 1.82) is 0 Å². The molecule has 1 aromatic heterocycles. The van der Waals surface area contributed by atoms with E-state index in [0.29, 0.717) is 9.21 Å². The fraction of sp³-hybridized carbons (Fsp3) is 0.133. The van der Waals surface area contributed by atoms with Crippen LogP contribution in [0.2, 0.25) is 4.34 Å². The first-order valence-electron chi connectivity index (χ1n) is 6.99. The molecule has 2 aromatic rings. The summed E-state index contributed by atoms with van der Waals surface area (Å²) in [7, 11) is 0. The van der Waals surface area contributed by atoms with Crippen molar-refractivity contribution in [3.63, 3.8) is 0 Å². The van der Waals surface area contributed by atoms with Gasteiger partial charge in [0.25, 0.3) is 11.6 Å². The molecule has 0 unspecified atom stereocenters. The first-order chi connectivity index (χ1) is 11.9. The number of carbonyl (C=O) groups excluding carboxylic acids is 3.